The summed E-state index contributed by atoms with van der Waals surface area (Å²) < 4.78 is 42.5. The predicted octanol–water partition coefficient (Wildman–Crippen LogP) is 3.76. The van der Waals surface area contributed by atoms with E-state index >= 15 is 0 Å². The molecule has 2 amide bonds. The minimum atomic E-state index is -4.34. The molecule has 0 aliphatic heterocycles. The Bertz CT molecular complexity index is 683. The first-order chi connectivity index (χ1) is 11.9. The van der Waals surface area contributed by atoms with E-state index in [9.17, 15) is 18.0 Å². The van der Waals surface area contributed by atoms with Crippen LogP contribution in [0.3, 0.4) is 0 Å². The second kappa shape index (κ2) is 8.41. The quantitative estimate of drug-likeness (QED) is 0.832. The molecular weight excluding hydrogens is 333 g/mol. The molecular formula is C18H19F3N2O2. The summed E-state index contributed by atoms with van der Waals surface area (Å²) in [5.41, 5.74) is 0.976. The average molecular weight is 352 g/mol. The summed E-state index contributed by atoms with van der Waals surface area (Å²) in [6, 6.07) is 11.9. The Morgan fingerprint density at radius 2 is 1.56 bits per heavy atom. The molecule has 0 heterocycles. The number of alkyl halides is 3. The number of carbonyl (C=O) groups is 1. The number of carbonyl (C=O) groups excluding carboxylic acids is 1. The van der Waals surface area contributed by atoms with Crippen LogP contribution in [0.5, 0.6) is 5.75 Å². The van der Waals surface area contributed by atoms with Crippen LogP contribution in [-0.2, 0) is 19.1 Å². The van der Waals surface area contributed by atoms with E-state index in [0.717, 1.165) is 29.0 Å². The first-order valence-corrected chi connectivity index (χ1v) is 7.69. The Kier molecular flexibility index (Phi) is 6.27. The summed E-state index contributed by atoms with van der Waals surface area (Å²) in [6.45, 7) is 0.704. The third-order valence-electron chi connectivity index (χ3n) is 3.59. The lowest BCUT2D eigenvalue weighted by molar-refractivity contribution is -0.137. The van der Waals surface area contributed by atoms with Crippen molar-refractivity contribution in [2.24, 2.45) is 0 Å². The van der Waals surface area contributed by atoms with Gasteiger partial charge in [-0.2, -0.15) is 13.2 Å². The molecule has 134 valence electrons. The van der Waals surface area contributed by atoms with Crippen LogP contribution in [-0.4, -0.2) is 19.7 Å². The predicted molar refractivity (Wildman–Crippen MR) is 88.4 cm³/mol. The first-order valence-electron chi connectivity index (χ1n) is 7.69. The third kappa shape index (κ3) is 6.02. The second-order valence-corrected chi connectivity index (χ2v) is 5.40. The third-order valence-corrected chi connectivity index (χ3v) is 3.59. The smallest absolute Gasteiger partial charge is 0.416 e. The number of halogens is 3. The fourth-order valence-electron chi connectivity index (χ4n) is 2.17. The molecule has 0 unspecified atom stereocenters. The highest BCUT2D eigenvalue weighted by Gasteiger charge is 2.29. The molecule has 2 aromatic carbocycles. The molecule has 0 aromatic heterocycles. The molecule has 0 saturated carbocycles. The Morgan fingerprint density at radius 1 is 0.960 bits per heavy atom. The highest BCUT2D eigenvalue weighted by atomic mass is 19.4. The molecule has 2 aromatic rings. The molecule has 0 radical (unpaired) electrons. The molecule has 0 atom stereocenters. The highest BCUT2D eigenvalue weighted by molar-refractivity contribution is 5.73. The minimum absolute atomic E-state index is 0.331. The lowest BCUT2D eigenvalue weighted by atomic mass is 10.1. The molecule has 2 N–H and O–H groups in total. The van der Waals surface area contributed by atoms with Crippen LogP contribution in [0.4, 0.5) is 18.0 Å². The fraction of sp³-hybridized carbons (Fsp3) is 0.278. The number of rotatable bonds is 6. The van der Waals surface area contributed by atoms with Crippen LogP contribution in [0.15, 0.2) is 48.5 Å². The van der Waals surface area contributed by atoms with E-state index in [2.05, 4.69) is 10.6 Å². The molecule has 0 saturated heterocycles. The molecule has 0 fully saturated rings. The topological polar surface area (TPSA) is 50.4 Å². The summed E-state index contributed by atoms with van der Waals surface area (Å²) >= 11 is 0. The van der Waals surface area contributed by atoms with Gasteiger partial charge in [0.1, 0.15) is 5.75 Å². The highest BCUT2D eigenvalue weighted by Crippen LogP contribution is 2.29. The van der Waals surface area contributed by atoms with E-state index in [1.807, 2.05) is 12.1 Å². The van der Waals surface area contributed by atoms with Crippen LogP contribution < -0.4 is 15.4 Å². The van der Waals surface area contributed by atoms with Crippen molar-refractivity contribution in [3.8, 4) is 5.75 Å². The van der Waals surface area contributed by atoms with Crippen molar-refractivity contribution in [1.29, 1.82) is 0 Å². The molecule has 0 aliphatic carbocycles. The van der Waals surface area contributed by atoms with Crippen LogP contribution in [0, 0.1) is 0 Å². The lowest BCUT2D eigenvalue weighted by Gasteiger charge is -2.09. The SMILES string of the molecule is COc1ccc(CNC(=O)NCCc2ccc(C(F)(F)F)cc2)cc1. The Balaban J connectivity index is 1.71. The number of benzene rings is 2. The van der Waals surface area contributed by atoms with Gasteiger partial charge in [0.15, 0.2) is 0 Å². The van der Waals surface area contributed by atoms with Crippen LogP contribution in [0.25, 0.3) is 0 Å². The Hall–Kier alpha value is -2.70. The van der Waals surface area contributed by atoms with Gasteiger partial charge in [-0.3, -0.25) is 0 Å². The van der Waals surface area contributed by atoms with Crippen molar-refractivity contribution in [2.45, 2.75) is 19.1 Å². The summed E-state index contributed by atoms with van der Waals surface area (Å²) in [7, 11) is 1.58. The molecule has 0 spiro atoms. The Morgan fingerprint density at radius 3 is 2.12 bits per heavy atom. The molecule has 0 bridgehead atoms. The number of amides is 2. The van der Waals surface area contributed by atoms with Crippen LogP contribution in [0.2, 0.25) is 0 Å². The normalized spacial score (nSPS) is 11.0. The van der Waals surface area contributed by atoms with E-state index in [1.54, 1.807) is 19.2 Å². The van der Waals surface area contributed by atoms with E-state index in [0.29, 0.717) is 19.5 Å². The van der Waals surface area contributed by atoms with Crippen LogP contribution >= 0.6 is 0 Å². The molecule has 7 heteroatoms. The molecule has 2 rings (SSSR count). The van der Waals surface area contributed by atoms with Gasteiger partial charge >= 0.3 is 12.2 Å². The van der Waals surface area contributed by atoms with Crippen molar-refractivity contribution in [3.05, 3.63) is 65.2 Å². The van der Waals surface area contributed by atoms with Crippen molar-refractivity contribution < 1.29 is 22.7 Å². The summed E-state index contributed by atoms with van der Waals surface area (Å²) in [4.78, 5) is 11.7. The average Bonchev–Trinajstić information content (AvgIpc) is 2.60. The minimum Gasteiger partial charge on any atom is -0.497 e. The largest absolute Gasteiger partial charge is 0.497 e. The number of hydrogen-bond donors (Lipinski definition) is 2. The van der Waals surface area contributed by atoms with Crippen molar-refractivity contribution in [1.82, 2.24) is 10.6 Å². The number of hydrogen-bond acceptors (Lipinski definition) is 2. The van der Waals surface area contributed by atoms with Gasteiger partial charge in [0.05, 0.1) is 12.7 Å². The number of methoxy groups -OCH3 is 1. The first kappa shape index (κ1) is 18.6. The second-order valence-electron chi connectivity index (χ2n) is 5.40. The number of urea groups is 1. The molecule has 0 aliphatic rings. The van der Waals surface area contributed by atoms with Gasteiger partial charge in [0, 0.05) is 13.1 Å². The van der Waals surface area contributed by atoms with E-state index < -0.39 is 11.7 Å². The number of ether oxygens (including phenoxy) is 1. The van der Waals surface area contributed by atoms with Crippen LogP contribution in [0.1, 0.15) is 16.7 Å². The summed E-state index contributed by atoms with van der Waals surface area (Å²) in [6.07, 6.45) is -3.88. The van der Waals surface area contributed by atoms with E-state index in [4.69, 9.17) is 4.74 Å². The van der Waals surface area contributed by atoms with Gasteiger partial charge in [0.2, 0.25) is 0 Å². The van der Waals surface area contributed by atoms with Gasteiger partial charge < -0.3 is 15.4 Å². The molecule has 25 heavy (non-hydrogen) atoms. The zero-order valence-electron chi connectivity index (χ0n) is 13.7. The monoisotopic (exact) mass is 352 g/mol. The Labute approximate surface area is 144 Å². The maximum Gasteiger partial charge on any atom is 0.416 e. The fourth-order valence-corrected chi connectivity index (χ4v) is 2.17. The van der Waals surface area contributed by atoms with Gasteiger partial charge in [-0.15, -0.1) is 0 Å². The number of nitrogens with one attached hydrogen (secondary N) is 2. The van der Waals surface area contributed by atoms with Gasteiger partial charge in [-0.25, -0.2) is 4.79 Å². The summed E-state index contributed by atoms with van der Waals surface area (Å²) in [5.74, 6) is 0.741. The maximum atomic E-state index is 12.5. The van der Waals surface area contributed by atoms with E-state index in [-0.39, 0.29) is 6.03 Å². The van der Waals surface area contributed by atoms with Gasteiger partial charge in [-0.05, 0) is 41.8 Å². The van der Waals surface area contributed by atoms with E-state index in [1.165, 1.54) is 12.1 Å². The van der Waals surface area contributed by atoms with Gasteiger partial charge in [0.25, 0.3) is 0 Å². The summed E-state index contributed by atoms with van der Waals surface area (Å²) in [5, 5.41) is 5.38. The van der Waals surface area contributed by atoms with Gasteiger partial charge in [-0.1, -0.05) is 24.3 Å². The zero-order chi connectivity index (χ0) is 18.3. The van der Waals surface area contributed by atoms with Crippen molar-refractivity contribution in [3.63, 3.8) is 0 Å². The lowest BCUT2D eigenvalue weighted by Crippen LogP contribution is -2.36. The van der Waals surface area contributed by atoms with Crippen molar-refractivity contribution >= 4 is 6.03 Å². The molecule has 4 nitrogen and oxygen atoms in total. The zero-order valence-corrected chi connectivity index (χ0v) is 13.7. The maximum absolute atomic E-state index is 12.5. The van der Waals surface area contributed by atoms with Crippen molar-refractivity contribution in [2.75, 3.05) is 13.7 Å². The standard InChI is InChI=1S/C18H19F3N2O2/c1-25-16-8-4-14(5-9-16)12-23-17(24)22-11-10-13-2-6-15(7-3-13)18(19,20)21/h2-9H,10-12H2,1H3,(H2,22,23,24).